The zero-order valence-electron chi connectivity index (χ0n) is 5.16. The molecule has 0 fully saturated rings. The maximum Gasteiger partial charge on any atom is 0.117 e. The monoisotopic (exact) mass is 121 g/mol. The normalized spacial score (nSPS) is 28.3. The number of nitrogens with zero attached hydrogens (tertiary/aromatic N) is 1. The van der Waals surface area contributed by atoms with Gasteiger partial charge < -0.3 is 4.74 Å². The fourth-order valence-corrected chi connectivity index (χ4v) is 0.902. The van der Waals surface area contributed by atoms with Gasteiger partial charge in [0.2, 0.25) is 0 Å². The van der Waals surface area contributed by atoms with Crippen LogP contribution in [0.25, 0.3) is 0 Å². The van der Waals surface area contributed by atoms with Crippen LogP contribution in [-0.4, -0.2) is 18.9 Å². The van der Waals surface area contributed by atoms with Gasteiger partial charge >= 0.3 is 0 Å². The lowest BCUT2D eigenvalue weighted by Gasteiger charge is -2.00. The molecule has 0 bridgehead atoms. The first-order chi connectivity index (χ1) is 4.40. The Morgan fingerprint density at radius 3 is 3.11 bits per heavy atom. The third-order valence-corrected chi connectivity index (χ3v) is 1.50. The fraction of sp³-hybridized carbons (Fsp3) is 0.286. The van der Waals surface area contributed by atoms with Gasteiger partial charge in [0.1, 0.15) is 11.8 Å². The molecule has 9 heavy (non-hydrogen) atoms. The van der Waals surface area contributed by atoms with E-state index in [1.54, 1.807) is 7.11 Å². The maximum absolute atomic E-state index is 4.99. The van der Waals surface area contributed by atoms with E-state index in [9.17, 15) is 0 Å². The Hall–Kier alpha value is -1.05. The topological polar surface area (TPSA) is 21.6 Å². The van der Waals surface area contributed by atoms with Crippen LogP contribution in [0.2, 0.25) is 0 Å². The van der Waals surface area contributed by atoms with Gasteiger partial charge in [0.25, 0.3) is 0 Å². The molecule has 0 radical (unpaired) electrons. The van der Waals surface area contributed by atoms with Crippen LogP contribution in [-0.2, 0) is 4.74 Å². The zero-order valence-corrected chi connectivity index (χ0v) is 5.16. The highest BCUT2D eigenvalue weighted by Crippen LogP contribution is 2.21. The minimum atomic E-state index is 0.352. The van der Waals surface area contributed by atoms with E-state index in [2.05, 4.69) is 4.99 Å². The molecule has 1 unspecified atom stereocenters. The Morgan fingerprint density at radius 1 is 1.56 bits per heavy atom. The average Bonchev–Trinajstić information content (AvgIpc) is 2.64. The minimum Gasteiger partial charge on any atom is -0.497 e. The Labute approximate surface area is 53.5 Å². The van der Waals surface area contributed by atoms with E-state index in [1.807, 2.05) is 18.2 Å². The van der Waals surface area contributed by atoms with Crippen LogP contribution < -0.4 is 0 Å². The molecular formula is C7H7NO. The van der Waals surface area contributed by atoms with Crippen molar-refractivity contribution >= 4 is 5.71 Å². The van der Waals surface area contributed by atoms with E-state index < -0.39 is 0 Å². The summed E-state index contributed by atoms with van der Waals surface area (Å²) >= 11 is 0. The van der Waals surface area contributed by atoms with Crippen molar-refractivity contribution in [1.82, 2.24) is 0 Å². The highest BCUT2D eigenvalue weighted by molar-refractivity contribution is 6.11. The van der Waals surface area contributed by atoms with Gasteiger partial charge in [0.05, 0.1) is 12.8 Å². The van der Waals surface area contributed by atoms with Crippen LogP contribution in [0.3, 0.4) is 0 Å². The van der Waals surface area contributed by atoms with E-state index in [0.717, 1.165) is 5.76 Å². The second-order valence-corrected chi connectivity index (χ2v) is 2.11. The summed E-state index contributed by atoms with van der Waals surface area (Å²) in [5.74, 6) is 0.921. The molecule has 0 saturated carbocycles. The van der Waals surface area contributed by atoms with Gasteiger partial charge in [-0.25, -0.2) is 0 Å². The number of rotatable bonds is 1. The summed E-state index contributed by atoms with van der Waals surface area (Å²) in [6, 6.07) is 0.352. The number of ether oxygens (including phenoxy) is 1. The lowest BCUT2D eigenvalue weighted by Crippen LogP contribution is -1.97. The van der Waals surface area contributed by atoms with E-state index in [1.165, 1.54) is 5.71 Å². The van der Waals surface area contributed by atoms with Crippen molar-refractivity contribution in [2.75, 3.05) is 7.11 Å². The van der Waals surface area contributed by atoms with E-state index in [4.69, 9.17) is 4.74 Å². The summed E-state index contributed by atoms with van der Waals surface area (Å²) in [7, 11) is 1.67. The lowest BCUT2D eigenvalue weighted by molar-refractivity contribution is 0.305. The molecule has 0 amide bonds. The summed E-state index contributed by atoms with van der Waals surface area (Å²) in [6.45, 7) is 0. The molecule has 2 aliphatic rings. The van der Waals surface area contributed by atoms with Crippen molar-refractivity contribution in [2.45, 2.75) is 6.04 Å². The quantitative estimate of drug-likeness (QED) is 0.505. The number of allylic oxidation sites excluding steroid dienone is 1. The van der Waals surface area contributed by atoms with E-state index in [-0.39, 0.29) is 0 Å². The largest absolute Gasteiger partial charge is 0.497 e. The van der Waals surface area contributed by atoms with Crippen LogP contribution in [0.15, 0.2) is 29.0 Å². The SMILES string of the molecule is COC1=CC2N=C2C=C1. The summed E-state index contributed by atoms with van der Waals surface area (Å²) in [5, 5.41) is 0. The molecule has 0 saturated heterocycles. The Kier molecular flexibility index (Phi) is 0.781. The molecule has 1 atom stereocenters. The number of methoxy groups -OCH3 is 1. The third-order valence-electron chi connectivity index (χ3n) is 1.50. The van der Waals surface area contributed by atoms with Gasteiger partial charge in [-0.3, -0.25) is 4.99 Å². The summed E-state index contributed by atoms with van der Waals surface area (Å²) in [6.07, 6.45) is 5.93. The first kappa shape index (κ1) is 4.79. The zero-order chi connectivity index (χ0) is 6.27. The van der Waals surface area contributed by atoms with Crippen LogP contribution in [0.1, 0.15) is 0 Å². The highest BCUT2D eigenvalue weighted by Gasteiger charge is 2.25. The molecule has 0 aromatic heterocycles. The number of hydrogen-bond donors (Lipinski definition) is 0. The Morgan fingerprint density at radius 2 is 2.44 bits per heavy atom. The van der Waals surface area contributed by atoms with Gasteiger partial charge in [0.15, 0.2) is 0 Å². The fourth-order valence-electron chi connectivity index (χ4n) is 0.902. The van der Waals surface area contributed by atoms with E-state index >= 15 is 0 Å². The first-order valence-electron chi connectivity index (χ1n) is 2.92. The van der Waals surface area contributed by atoms with Gasteiger partial charge in [-0.05, 0) is 18.2 Å². The standard InChI is InChI=1S/C7H7NO/c1-9-5-2-3-6-7(4-5)8-6/h2-4,7H,1H3. The number of aliphatic imine (C=N–C) groups is 1. The number of hydrogen-bond acceptors (Lipinski definition) is 2. The van der Waals surface area contributed by atoms with Crippen molar-refractivity contribution in [3.63, 3.8) is 0 Å². The third kappa shape index (κ3) is 0.669. The summed E-state index contributed by atoms with van der Waals surface area (Å²) in [5.41, 5.74) is 1.18. The lowest BCUT2D eigenvalue weighted by atomic mass is 10.2. The summed E-state index contributed by atoms with van der Waals surface area (Å²) in [4.78, 5) is 4.13. The first-order valence-corrected chi connectivity index (χ1v) is 2.92. The van der Waals surface area contributed by atoms with Crippen molar-refractivity contribution in [3.05, 3.63) is 24.0 Å². The maximum atomic E-state index is 4.99. The smallest absolute Gasteiger partial charge is 0.117 e. The van der Waals surface area contributed by atoms with Gasteiger partial charge in [-0.2, -0.15) is 0 Å². The van der Waals surface area contributed by atoms with Crippen molar-refractivity contribution in [3.8, 4) is 0 Å². The van der Waals surface area contributed by atoms with Gasteiger partial charge in [-0.1, -0.05) is 0 Å². The van der Waals surface area contributed by atoms with E-state index in [0.29, 0.717) is 6.04 Å². The highest BCUT2D eigenvalue weighted by atomic mass is 16.5. The molecule has 1 aliphatic carbocycles. The molecule has 0 aromatic rings. The summed E-state index contributed by atoms with van der Waals surface area (Å²) < 4.78 is 4.99. The molecule has 46 valence electrons. The van der Waals surface area contributed by atoms with Crippen molar-refractivity contribution < 1.29 is 4.74 Å². The Balaban J connectivity index is 2.20. The molecular weight excluding hydrogens is 114 g/mol. The molecule has 1 heterocycles. The van der Waals surface area contributed by atoms with Crippen LogP contribution in [0, 0.1) is 0 Å². The molecule has 0 aromatic carbocycles. The minimum absolute atomic E-state index is 0.352. The molecule has 2 heteroatoms. The molecule has 0 spiro atoms. The second kappa shape index (κ2) is 1.47. The second-order valence-electron chi connectivity index (χ2n) is 2.11. The van der Waals surface area contributed by atoms with Crippen LogP contribution in [0.5, 0.6) is 0 Å². The Bertz CT molecular complexity index is 225. The predicted octanol–water partition coefficient (Wildman–Crippen LogP) is 0.910. The molecule has 1 aliphatic heterocycles. The average molecular weight is 121 g/mol. The van der Waals surface area contributed by atoms with Crippen molar-refractivity contribution in [2.24, 2.45) is 4.99 Å². The van der Waals surface area contributed by atoms with Gasteiger partial charge in [-0.15, -0.1) is 0 Å². The molecule has 2 nitrogen and oxygen atoms in total. The number of fused-ring (bicyclic) bond motifs is 1. The van der Waals surface area contributed by atoms with Crippen LogP contribution >= 0.6 is 0 Å². The molecule has 2 rings (SSSR count). The predicted molar refractivity (Wildman–Crippen MR) is 35.5 cm³/mol. The van der Waals surface area contributed by atoms with Gasteiger partial charge in [0, 0.05) is 0 Å². The molecule has 0 N–H and O–H groups in total. The van der Waals surface area contributed by atoms with Crippen molar-refractivity contribution in [1.29, 1.82) is 0 Å². The van der Waals surface area contributed by atoms with Crippen LogP contribution in [0.4, 0.5) is 0 Å².